The van der Waals surface area contributed by atoms with Crippen molar-refractivity contribution in [1.29, 1.82) is 0 Å². The van der Waals surface area contributed by atoms with Gasteiger partial charge in [-0.05, 0) is 68.6 Å². The monoisotopic (exact) mass is 551 g/mol. The molecule has 0 aliphatic heterocycles. The van der Waals surface area contributed by atoms with Crippen molar-refractivity contribution in [2.45, 2.75) is 38.0 Å². The minimum absolute atomic E-state index is 0.0246. The van der Waals surface area contributed by atoms with Crippen molar-refractivity contribution < 1.29 is 0 Å². The minimum Gasteiger partial charge on any atom is -0.309 e. The summed E-state index contributed by atoms with van der Waals surface area (Å²) in [7, 11) is 0. The molecule has 43 heavy (non-hydrogen) atoms. The van der Waals surface area contributed by atoms with E-state index in [1.54, 1.807) is 0 Å². The third-order valence-corrected chi connectivity index (χ3v) is 10.4. The molecule has 0 fully saturated rings. The Morgan fingerprint density at radius 3 is 1.98 bits per heavy atom. The SMILES string of the molecule is CC1(c2ccccc2)C=CC(n2c3cc4c(cc3c3c5ccccc5c5ccccc5c32)-c2ccccc2C4(C)C)=CC1. The highest BCUT2D eigenvalue weighted by Gasteiger charge is 2.36. The van der Waals surface area contributed by atoms with Gasteiger partial charge in [-0.3, -0.25) is 0 Å². The fourth-order valence-corrected chi connectivity index (χ4v) is 8.06. The van der Waals surface area contributed by atoms with Crippen molar-refractivity contribution in [3.63, 3.8) is 0 Å². The maximum absolute atomic E-state index is 2.57. The lowest BCUT2D eigenvalue weighted by molar-refractivity contribution is 0.599. The summed E-state index contributed by atoms with van der Waals surface area (Å²) in [4.78, 5) is 0. The minimum atomic E-state index is -0.0613. The molecular formula is C42H33N. The molecule has 9 rings (SSSR count). The summed E-state index contributed by atoms with van der Waals surface area (Å²) in [6, 6.07) is 42.8. The number of hydrogen-bond acceptors (Lipinski definition) is 0. The smallest absolute Gasteiger partial charge is 0.0625 e. The zero-order valence-corrected chi connectivity index (χ0v) is 24.9. The Kier molecular flexibility index (Phi) is 4.93. The number of hydrogen-bond donors (Lipinski definition) is 0. The van der Waals surface area contributed by atoms with E-state index in [0.29, 0.717) is 0 Å². The van der Waals surface area contributed by atoms with E-state index in [1.165, 1.54) is 76.9 Å². The quantitative estimate of drug-likeness (QED) is 0.188. The van der Waals surface area contributed by atoms with Crippen LogP contribution in [0.3, 0.4) is 0 Å². The second kappa shape index (κ2) is 8.58. The van der Waals surface area contributed by atoms with Crippen molar-refractivity contribution in [3.8, 4) is 11.1 Å². The van der Waals surface area contributed by atoms with Gasteiger partial charge in [0.05, 0.1) is 11.0 Å². The van der Waals surface area contributed by atoms with E-state index in [2.05, 4.69) is 159 Å². The van der Waals surface area contributed by atoms with Crippen molar-refractivity contribution in [1.82, 2.24) is 4.57 Å². The first-order valence-corrected chi connectivity index (χ1v) is 15.4. The Morgan fingerprint density at radius 2 is 1.23 bits per heavy atom. The van der Waals surface area contributed by atoms with Crippen molar-refractivity contribution in [2.24, 2.45) is 0 Å². The van der Waals surface area contributed by atoms with E-state index in [0.717, 1.165) is 6.42 Å². The van der Waals surface area contributed by atoms with Crippen LogP contribution in [-0.4, -0.2) is 4.57 Å². The number of nitrogens with zero attached hydrogens (tertiary/aromatic N) is 1. The van der Waals surface area contributed by atoms with Crippen LogP contribution in [0, 0.1) is 0 Å². The van der Waals surface area contributed by atoms with Gasteiger partial charge in [-0.1, -0.05) is 136 Å². The van der Waals surface area contributed by atoms with Gasteiger partial charge in [0.1, 0.15) is 0 Å². The summed E-state index contributed by atoms with van der Waals surface area (Å²) in [6.45, 7) is 7.12. The highest BCUT2D eigenvalue weighted by molar-refractivity contribution is 6.32. The van der Waals surface area contributed by atoms with Gasteiger partial charge in [0.25, 0.3) is 0 Å². The molecule has 7 aromatic rings. The second-order valence-electron chi connectivity index (χ2n) is 13.2. The summed E-state index contributed by atoms with van der Waals surface area (Å²) >= 11 is 0. The molecule has 1 atom stereocenters. The Balaban J connectivity index is 1.42. The average Bonchev–Trinajstić information content (AvgIpc) is 3.50. The van der Waals surface area contributed by atoms with Crippen LogP contribution in [-0.2, 0) is 10.8 Å². The molecule has 0 saturated carbocycles. The van der Waals surface area contributed by atoms with E-state index in [1.807, 2.05) is 0 Å². The lowest BCUT2D eigenvalue weighted by Gasteiger charge is -2.29. The summed E-state index contributed by atoms with van der Waals surface area (Å²) in [5.41, 5.74) is 10.7. The van der Waals surface area contributed by atoms with Crippen molar-refractivity contribution in [3.05, 3.63) is 150 Å². The first-order valence-electron chi connectivity index (χ1n) is 15.4. The topological polar surface area (TPSA) is 4.93 Å². The van der Waals surface area contributed by atoms with Crippen LogP contribution in [0.1, 0.15) is 43.9 Å². The van der Waals surface area contributed by atoms with E-state index in [9.17, 15) is 0 Å². The maximum atomic E-state index is 2.57. The van der Waals surface area contributed by atoms with Gasteiger partial charge in [-0.2, -0.15) is 0 Å². The molecule has 2 aliphatic carbocycles. The third-order valence-electron chi connectivity index (χ3n) is 10.4. The standard InChI is InChI=1S/C42H33N/c1-41(2)36-20-12-11-17-31(36)34-25-35-38(26-37(34)41)43(28-21-23-42(3,24-22-28)27-13-5-4-6-14-27)40-33-19-10-8-16-30(33)29-15-7-9-18-32(29)39(35)40/h4-23,25-26H,24H2,1-3H3. The first-order chi connectivity index (χ1) is 21.0. The van der Waals surface area contributed by atoms with Crippen molar-refractivity contribution in [2.75, 3.05) is 0 Å². The lowest BCUT2D eigenvalue weighted by Crippen LogP contribution is -2.20. The lowest BCUT2D eigenvalue weighted by atomic mass is 9.77. The van der Waals surface area contributed by atoms with Crippen molar-refractivity contribution >= 4 is 49.0 Å². The van der Waals surface area contributed by atoms with Gasteiger partial charge >= 0.3 is 0 Å². The number of fused-ring (bicyclic) bond motifs is 11. The van der Waals surface area contributed by atoms with Gasteiger partial charge in [0, 0.05) is 32.7 Å². The molecule has 1 nitrogen and oxygen atoms in total. The van der Waals surface area contributed by atoms with Gasteiger partial charge in [-0.25, -0.2) is 0 Å². The second-order valence-corrected chi connectivity index (χ2v) is 13.2. The van der Waals surface area contributed by atoms with Crippen LogP contribution in [0.15, 0.2) is 133 Å². The zero-order chi connectivity index (χ0) is 28.9. The van der Waals surface area contributed by atoms with Crippen LogP contribution in [0.2, 0.25) is 0 Å². The van der Waals surface area contributed by atoms with Gasteiger partial charge in [0.15, 0.2) is 0 Å². The van der Waals surface area contributed by atoms with E-state index < -0.39 is 0 Å². The number of allylic oxidation sites excluding steroid dienone is 4. The van der Waals surface area contributed by atoms with Crippen LogP contribution in [0.25, 0.3) is 60.2 Å². The highest BCUT2D eigenvalue weighted by atomic mass is 15.0. The van der Waals surface area contributed by atoms with Crippen LogP contribution < -0.4 is 0 Å². The van der Waals surface area contributed by atoms with Crippen LogP contribution >= 0.6 is 0 Å². The Hall–Kier alpha value is -4.88. The molecule has 6 aromatic carbocycles. The average molecular weight is 552 g/mol. The molecule has 2 aliphatic rings. The molecule has 0 bridgehead atoms. The van der Waals surface area contributed by atoms with Gasteiger partial charge < -0.3 is 4.57 Å². The van der Waals surface area contributed by atoms with Crippen LogP contribution in [0.4, 0.5) is 0 Å². The molecule has 206 valence electrons. The first kappa shape index (κ1) is 24.7. The summed E-state index contributed by atoms with van der Waals surface area (Å²) in [5, 5.41) is 7.92. The molecule has 1 heteroatoms. The zero-order valence-electron chi connectivity index (χ0n) is 24.9. The molecule has 1 unspecified atom stereocenters. The molecule has 0 N–H and O–H groups in total. The van der Waals surface area contributed by atoms with E-state index in [4.69, 9.17) is 0 Å². The molecule has 0 radical (unpaired) electrons. The Labute approximate surface area is 252 Å². The molecule has 1 heterocycles. The fraction of sp³-hybridized carbons (Fsp3) is 0.143. The molecule has 0 spiro atoms. The van der Waals surface area contributed by atoms with Crippen LogP contribution in [0.5, 0.6) is 0 Å². The Morgan fingerprint density at radius 1 is 0.581 bits per heavy atom. The largest absolute Gasteiger partial charge is 0.309 e. The number of aromatic nitrogens is 1. The molecule has 1 aromatic heterocycles. The predicted octanol–water partition coefficient (Wildman–Crippen LogP) is 11.2. The number of rotatable bonds is 2. The van der Waals surface area contributed by atoms with Gasteiger partial charge in [-0.15, -0.1) is 0 Å². The van der Waals surface area contributed by atoms with E-state index in [-0.39, 0.29) is 10.8 Å². The predicted molar refractivity (Wildman–Crippen MR) is 184 cm³/mol. The molecule has 0 amide bonds. The Bertz CT molecular complexity index is 2340. The summed E-state index contributed by atoms with van der Waals surface area (Å²) in [6.07, 6.45) is 8.21. The summed E-state index contributed by atoms with van der Waals surface area (Å²) < 4.78 is 2.57. The van der Waals surface area contributed by atoms with Gasteiger partial charge in [0.2, 0.25) is 0 Å². The summed E-state index contributed by atoms with van der Waals surface area (Å²) in [5.74, 6) is 0. The molecular weight excluding hydrogens is 518 g/mol. The van der Waals surface area contributed by atoms with E-state index >= 15 is 0 Å². The number of benzene rings is 6. The maximum Gasteiger partial charge on any atom is 0.0625 e. The normalized spacial score (nSPS) is 18.8. The highest BCUT2D eigenvalue weighted by Crippen LogP contribution is 2.52. The third kappa shape index (κ3) is 3.28. The fourth-order valence-electron chi connectivity index (χ4n) is 8.06. The molecule has 0 saturated heterocycles.